The van der Waals surface area contributed by atoms with E-state index in [2.05, 4.69) is 21.2 Å². The summed E-state index contributed by atoms with van der Waals surface area (Å²) in [6.45, 7) is 3.31. The van der Waals surface area contributed by atoms with Crippen LogP contribution in [0, 0.1) is 12.8 Å². The van der Waals surface area contributed by atoms with Gasteiger partial charge >= 0.3 is 0 Å². The molecule has 5 heteroatoms. The average Bonchev–Trinajstić information content (AvgIpc) is 2.70. The summed E-state index contributed by atoms with van der Waals surface area (Å²) in [7, 11) is 0. The first-order valence-electron chi connectivity index (χ1n) is 9.41. The summed E-state index contributed by atoms with van der Waals surface area (Å²) in [6.07, 6.45) is 2.74. The zero-order valence-electron chi connectivity index (χ0n) is 15.6. The van der Waals surface area contributed by atoms with Crippen molar-refractivity contribution >= 4 is 33.4 Å². The van der Waals surface area contributed by atoms with E-state index in [0.717, 1.165) is 35.0 Å². The first-order chi connectivity index (χ1) is 13.0. The SMILES string of the molecule is Cc1cc(NC(=O)C2CCN(C(=O)CCc3ccccc3)CC2)ccc1Br. The fourth-order valence-electron chi connectivity index (χ4n) is 3.41. The van der Waals surface area contributed by atoms with Gasteiger partial charge in [-0.2, -0.15) is 0 Å². The average molecular weight is 429 g/mol. The van der Waals surface area contributed by atoms with E-state index in [4.69, 9.17) is 0 Å². The molecule has 0 aromatic heterocycles. The van der Waals surface area contributed by atoms with E-state index in [-0.39, 0.29) is 17.7 Å². The highest BCUT2D eigenvalue weighted by Gasteiger charge is 2.27. The van der Waals surface area contributed by atoms with Crippen LogP contribution >= 0.6 is 15.9 Å². The van der Waals surface area contributed by atoms with E-state index in [9.17, 15) is 9.59 Å². The van der Waals surface area contributed by atoms with Gasteiger partial charge in [0, 0.05) is 35.6 Å². The van der Waals surface area contributed by atoms with Gasteiger partial charge < -0.3 is 10.2 Å². The maximum atomic E-state index is 12.5. The van der Waals surface area contributed by atoms with Crippen LogP contribution in [-0.2, 0) is 16.0 Å². The number of aryl methyl sites for hydroxylation is 2. The van der Waals surface area contributed by atoms with Crippen LogP contribution in [-0.4, -0.2) is 29.8 Å². The van der Waals surface area contributed by atoms with Gasteiger partial charge in [-0.25, -0.2) is 0 Å². The van der Waals surface area contributed by atoms with Crippen molar-refractivity contribution in [3.63, 3.8) is 0 Å². The number of nitrogens with one attached hydrogen (secondary N) is 1. The topological polar surface area (TPSA) is 49.4 Å². The molecular formula is C22H25BrN2O2. The maximum absolute atomic E-state index is 12.5. The number of hydrogen-bond acceptors (Lipinski definition) is 2. The Balaban J connectivity index is 1.45. The number of carbonyl (C=O) groups excluding carboxylic acids is 2. The normalized spacial score (nSPS) is 14.8. The smallest absolute Gasteiger partial charge is 0.227 e. The third-order valence-electron chi connectivity index (χ3n) is 5.11. The Morgan fingerprint density at radius 3 is 2.48 bits per heavy atom. The standard InChI is InChI=1S/C22H25BrN2O2/c1-16-15-19(8-9-20(16)23)24-22(27)18-11-13-25(14-12-18)21(26)10-7-17-5-3-2-4-6-17/h2-6,8-9,15,18H,7,10-14H2,1H3,(H,24,27). The maximum Gasteiger partial charge on any atom is 0.227 e. The Morgan fingerprint density at radius 1 is 1.11 bits per heavy atom. The van der Waals surface area contributed by atoms with Crippen molar-refractivity contribution in [1.29, 1.82) is 0 Å². The van der Waals surface area contributed by atoms with Crippen LogP contribution in [0.5, 0.6) is 0 Å². The number of carbonyl (C=O) groups is 2. The molecule has 1 aliphatic rings. The summed E-state index contributed by atoms with van der Waals surface area (Å²) in [5.41, 5.74) is 3.10. The van der Waals surface area contributed by atoms with Gasteiger partial charge in [0.05, 0.1) is 0 Å². The second-order valence-electron chi connectivity index (χ2n) is 7.09. The molecule has 0 saturated carbocycles. The van der Waals surface area contributed by atoms with E-state index in [1.165, 1.54) is 5.56 Å². The van der Waals surface area contributed by atoms with Crippen molar-refractivity contribution in [3.05, 3.63) is 64.1 Å². The first-order valence-corrected chi connectivity index (χ1v) is 10.2. The summed E-state index contributed by atoms with van der Waals surface area (Å²) in [5, 5.41) is 3.01. The van der Waals surface area contributed by atoms with Gasteiger partial charge in [0.15, 0.2) is 0 Å². The lowest BCUT2D eigenvalue weighted by Gasteiger charge is -2.31. The van der Waals surface area contributed by atoms with Gasteiger partial charge in [0.1, 0.15) is 0 Å². The Bertz CT molecular complexity index is 799. The molecule has 4 nitrogen and oxygen atoms in total. The predicted octanol–water partition coefficient (Wildman–Crippen LogP) is 4.57. The van der Waals surface area contributed by atoms with Crippen LogP contribution in [0.4, 0.5) is 5.69 Å². The summed E-state index contributed by atoms with van der Waals surface area (Å²) < 4.78 is 1.03. The zero-order valence-corrected chi connectivity index (χ0v) is 17.2. The molecule has 0 aliphatic carbocycles. The van der Waals surface area contributed by atoms with Crippen molar-refractivity contribution in [2.45, 2.75) is 32.6 Å². The lowest BCUT2D eigenvalue weighted by atomic mass is 9.95. The zero-order chi connectivity index (χ0) is 19.2. The molecule has 2 amide bonds. The molecule has 1 saturated heterocycles. The molecular weight excluding hydrogens is 404 g/mol. The summed E-state index contributed by atoms with van der Waals surface area (Å²) in [4.78, 5) is 26.9. The van der Waals surface area contributed by atoms with Gasteiger partial charge in [-0.3, -0.25) is 9.59 Å². The fraction of sp³-hybridized carbons (Fsp3) is 0.364. The van der Waals surface area contributed by atoms with E-state index in [0.29, 0.717) is 19.5 Å². The molecule has 0 atom stereocenters. The predicted molar refractivity (Wildman–Crippen MR) is 112 cm³/mol. The fourth-order valence-corrected chi connectivity index (χ4v) is 3.66. The molecule has 1 fully saturated rings. The highest BCUT2D eigenvalue weighted by atomic mass is 79.9. The van der Waals surface area contributed by atoms with Gasteiger partial charge in [-0.05, 0) is 55.5 Å². The van der Waals surface area contributed by atoms with Crippen LogP contribution in [0.15, 0.2) is 53.0 Å². The molecule has 1 aliphatic heterocycles. The summed E-state index contributed by atoms with van der Waals surface area (Å²) in [6, 6.07) is 15.9. The van der Waals surface area contributed by atoms with Crippen LogP contribution in [0.1, 0.15) is 30.4 Å². The second-order valence-corrected chi connectivity index (χ2v) is 7.95. The number of rotatable bonds is 5. The molecule has 142 valence electrons. The van der Waals surface area contributed by atoms with Crippen molar-refractivity contribution < 1.29 is 9.59 Å². The quantitative estimate of drug-likeness (QED) is 0.757. The highest BCUT2D eigenvalue weighted by Crippen LogP contribution is 2.23. The van der Waals surface area contributed by atoms with Crippen LogP contribution < -0.4 is 5.32 Å². The molecule has 0 bridgehead atoms. The summed E-state index contributed by atoms with van der Waals surface area (Å²) >= 11 is 3.47. The number of halogens is 1. The second kappa shape index (κ2) is 9.18. The van der Waals surface area contributed by atoms with Crippen LogP contribution in [0.3, 0.4) is 0 Å². The number of amides is 2. The number of nitrogens with zero attached hydrogens (tertiary/aromatic N) is 1. The Labute approximate surface area is 169 Å². The Morgan fingerprint density at radius 2 is 1.81 bits per heavy atom. The third-order valence-corrected chi connectivity index (χ3v) is 6.00. The number of piperidine rings is 1. The van der Waals surface area contributed by atoms with E-state index in [1.807, 2.05) is 60.4 Å². The van der Waals surface area contributed by atoms with E-state index in [1.54, 1.807) is 0 Å². The van der Waals surface area contributed by atoms with Crippen molar-refractivity contribution in [2.75, 3.05) is 18.4 Å². The van der Waals surface area contributed by atoms with E-state index < -0.39 is 0 Å². The largest absolute Gasteiger partial charge is 0.343 e. The molecule has 3 rings (SSSR count). The lowest BCUT2D eigenvalue weighted by molar-refractivity contribution is -0.134. The van der Waals surface area contributed by atoms with Gasteiger partial charge in [0.25, 0.3) is 0 Å². The molecule has 2 aromatic rings. The molecule has 0 radical (unpaired) electrons. The molecule has 1 heterocycles. The number of benzene rings is 2. The van der Waals surface area contributed by atoms with Crippen LogP contribution in [0.2, 0.25) is 0 Å². The minimum atomic E-state index is -0.0351. The minimum absolute atomic E-state index is 0.0351. The third kappa shape index (κ3) is 5.42. The number of anilines is 1. The Hall–Kier alpha value is -2.14. The molecule has 0 unspecified atom stereocenters. The lowest BCUT2D eigenvalue weighted by Crippen LogP contribution is -2.41. The highest BCUT2D eigenvalue weighted by molar-refractivity contribution is 9.10. The monoisotopic (exact) mass is 428 g/mol. The number of likely N-dealkylation sites (tertiary alicyclic amines) is 1. The number of hydrogen-bond donors (Lipinski definition) is 1. The first kappa shape index (κ1) is 19.6. The molecule has 27 heavy (non-hydrogen) atoms. The van der Waals surface area contributed by atoms with Gasteiger partial charge in [-0.1, -0.05) is 46.3 Å². The van der Waals surface area contributed by atoms with Crippen molar-refractivity contribution in [1.82, 2.24) is 4.90 Å². The van der Waals surface area contributed by atoms with Crippen molar-refractivity contribution in [3.8, 4) is 0 Å². The molecule has 1 N–H and O–H groups in total. The molecule has 2 aromatic carbocycles. The summed E-state index contributed by atoms with van der Waals surface area (Å²) in [5.74, 6) is 0.196. The van der Waals surface area contributed by atoms with E-state index >= 15 is 0 Å². The van der Waals surface area contributed by atoms with Gasteiger partial charge in [-0.15, -0.1) is 0 Å². The van der Waals surface area contributed by atoms with Crippen LogP contribution in [0.25, 0.3) is 0 Å². The Kier molecular flexibility index (Phi) is 6.67. The van der Waals surface area contributed by atoms with Gasteiger partial charge in [0.2, 0.25) is 11.8 Å². The minimum Gasteiger partial charge on any atom is -0.343 e. The molecule has 0 spiro atoms. The van der Waals surface area contributed by atoms with Crippen molar-refractivity contribution in [2.24, 2.45) is 5.92 Å².